The van der Waals surface area contributed by atoms with Crippen molar-refractivity contribution >= 4 is 0 Å². The maximum Gasteiger partial charge on any atom is 0.247 e. The van der Waals surface area contributed by atoms with Gasteiger partial charge in [-0.2, -0.15) is 0 Å². The van der Waals surface area contributed by atoms with Gasteiger partial charge in [-0.05, 0) is 43.8 Å². The minimum absolute atomic E-state index is 0.0150. The zero-order chi connectivity index (χ0) is 16.9. The second-order valence-electron chi connectivity index (χ2n) is 5.75. The van der Waals surface area contributed by atoms with E-state index in [0.29, 0.717) is 11.8 Å². The lowest BCUT2D eigenvalue weighted by Gasteiger charge is -2.21. The van der Waals surface area contributed by atoms with E-state index < -0.39 is 0 Å². The van der Waals surface area contributed by atoms with Crippen molar-refractivity contribution in [3.05, 3.63) is 66.1 Å². The molecule has 1 unspecified atom stereocenters. The van der Waals surface area contributed by atoms with Gasteiger partial charge in [0.15, 0.2) is 0 Å². The largest absolute Gasteiger partial charge is 0.497 e. The highest BCUT2D eigenvalue weighted by atomic mass is 16.5. The van der Waals surface area contributed by atoms with Crippen molar-refractivity contribution in [2.24, 2.45) is 0 Å². The van der Waals surface area contributed by atoms with Gasteiger partial charge in [-0.25, -0.2) is 0 Å². The predicted molar refractivity (Wildman–Crippen MR) is 92.6 cm³/mol. The standard InChI is InChI=1S/C19H21N3O2/c1-14(22(2)13-15-8-7-11-17(12-15)23-3)18-20-21-19(24-18)16-9-5-4-6-10-16/h4-12,14H,13H2,1-3H3. The second kappa shape index (κ2) is 7.27. The van der Waals surface area contributed by atoms with Crippen LogP contribution in [0.3, 0.4) is 0 Å². The lowest BCUT2D eigenvalue weighted by molar-refractivity contribution is 0.218. The highest BCUT2D eigenvalue weighted by Gasteiger charge is 2.19. The van der Waals surface area contributed by atoms with Crippen LogP contribution in [0.15, 0.2) is 59.0 Å². The van der Waals surface area contributed by atoms with E-state index in [-0.39, 0.29) is 6.04 Å². The summed E-state index contributed by atoms with van der Waals surface area (Å²) in [5, 5.41) is 8.37. The highest BCUT2D eigenvalue weighted by molar-refractivity contribution is 5.51. The molecule has 0 spiro atoms. The van der Waals surface area contributed by atoms with Crippen molar-refractivity contribution in [3.8, 4) is 17.2 Å². The van der Waals surface area contributed by atoms with Crippen LogP contribution in [0.1, 0.15) is 24.4 Å². The van der Waals surface area contributed by atoms with Crippen molar-refractivity contribution in [1.29, 1.82) is 0 Å². The maximum absolute atomic E-state index is 5.85. The van der Waals surface area contributed by atoms with Crippen LogP contribution in [0.5, 0.6) is 5.75 Å². The quantitative estimate of drug-likeness (QED) is 0.688. The van der Waals surface area contributed by atoms with Crippen LogP contribution in [0, 0.1) is 0 Å². The van der Waals surface area contributed by atoms with E-state index in [4.69, 9.17) is 9.15 Å². The SMILES string of the molecule is COc1cccc(CN(C)C(C)c2nnc(-c3ccccc3)o2)c1. The number of methoxy groups -OCH3 is 1. The number of hydrogen-bond acceptors (Lipinski definition) is 5. The van der Waals surface area contributed by atoms with Gasteiger partial charge in [-0.1, -0.05) is 30.3 Å². The van der Waals surface area contributed by atoms with E-state index in [9.17, 15) is 0 Å². The van der Waals surface area contributed by atoms with Gasteiger partial charge >= 0.3 is 0 Å². The molecule has 0 aliphatic heterocycles. The van der Waals surface area contributed by atoms with E-state index in [2.05, 4.69) is 28.1 Å². The van der Waals surface area contributed by atoms with Crippen molar-refractivity contribution in [2.75, 3.05) is 14.2 Å². The van der Waals surface area contributed by atoms with E-state index in [1.165, 1.54) is 5.56 Å². The molecular formula is C19H21N3O2. The molecule has 3 rings (SSSR count). The fraction of sp³-hybridized carbons (Fsp3) is 0.263. The van der Waals surface area contributed by atoms with Crippen molar-refractivity contribution < 1.29 is 9.15 Å². The molecule has 0 saturated heterocycles. The minimum Gasteiger partial charge on any atom is -0.497 e. The third-order valence-corrected chi connectivity index (χ3v) is 4.05. The lowest BCUT2D eigenvalue weighted by Crippen LogP contribution is -2.22. The lowest BCUT2D eigenvalue weighted by atomic mass is 10.2. The molecule has 0 fully saturated rings. The monoisotopic (exact) mass is 323 g/mol. The Morgan fingerprint density at radius 1 is 1.08 bits per heavy atom. The first-order valence-corrected chi connectivity index (χ1v) is 7.89. The first kappa shape index (κ1) is 16.2. The van der Waals surface area contributed by atoms with Crippen LogP contribution < -0.4 is 4.74 Å². The van der Waals surface area contributed by atoms with E-state index in [0.717, 1.165) is 17.9 Å². The van der Waals surface area contributed by atoms with Gasteiger partial charge in [-0.3, -0.25) is 4.90 Å². The number of benzene rings is 2. The van der Waals surface area contributed by atoms with Crippen LogP contribution in [-0.2, 0) is 6.54 Å². The Labute approximate surface area is 141 Å². The molecule has 0 saturated carbocycles. The van der Waals surface area contributed by atoms with Gasteiger partial charge in [0.2, 0.25) is 11.8 Å². The first-order chi connectivity index (χ1) is 11.7. The predicted octanol–water partition coefficient (Wildman–Crippen LogP) is 3.94. The number of aromatic nitrogens is 2. The molecule has 0 aliphatic rings. The minimum atomic E-state index is 0.0150. The number of rotatable bonds is 6. The van der Waals surface area contributed by atoms with E-state index >= 15 is 0 Å². The second-order valence-corrected chi connectivity index (χ2v) is 5.75. The number of nitrogens with zero attached hydrogens (tertiary/aromatic N) is 3. The van der Waals surface area contributed by atoms with E-state index in [1.54, 1.807) is 7.11 Å². The maximum atomic E-state index is 5.85. The average molecular weight is 323 g/mol. The summed E-state index contributed by atoms with van der Waals surface area (Å²) in [4.78, 5) is 2.16. The molecule has 1 aromatic heterocycles. The summed E-state index contributed by atoms with van der Waals surface area (Å²) >= 11 is 0. The van der Waals surface area contributed by atoms with Gasteiger partial charge in [0.1, 0.15) is 5.75 Å². The molecule has 0 N–H and O–H groups in total. The Kier molecular flexibility index (Phi) is 4.91. The Bertz CT molecular complexity index is 786. The van der Waals surface area contributed by atoms with Crippen molar-refractivity contribution in [2.45, 2.75) is 19.5 Å². The van der Waals surface area contributed by atoms with Crippen LogP contribution >= 0.6 is 0 Å². The van der Waals surface area contributed by atoms with Crippen LogP contribution in [0.2, 0.25) is 0 Å². The Balaban J connectivity index is 1.71. The van der Waals surface area contributed by atoms with Gasteiger partial charge in [0.05, 0.1) is 13.2 Å². The zero-order valence-corrected chi connectivity index (χ0v) is 14.1. The molecule has 3 aromatic rings. The molecular weight excluding hydrogens is 302 g/mol. The fourth-order valence-corrected chi connectivity index (χ4v) is 2.49. The summed E-state index contributed by atoms with van der Waals surface area (Å²) in [5.41, 5.74) is 2.10. The van der Waals surface area contributed by atoms with Gasteiger partial charge in [0.25, 0.3) is 0 Å². The molecule has 0 amide bonds. The molecule has 24 heavy (non-hydrogen) atoms. The topological polar surface area (TPSA) is 51.4 Å². The molecule has 124 valence electrons. The van der Waals surface area contributed by atoms with Crippen LogP contribution in [-0.4, -0.2) is 29.3 Å². The molecule has 0 radical (unpaired) electrons. The van der Waals surface area contributed by atoms with Gasteiger partial charge < -0.3 is 9.15 Å². The zero-order valence-electron chi connectivity index (χ0n) is 14.1. The average Bonchev–Trinajstić information content (AvgIpc) is 3.12. The molecule has 5 nitrogen and oxygen atoms in total. The summed E-state index contributed by atoms with van der Waals surface area (Å²) in [7, 11) is 3.71. The summed E-state index contributed by atoms with van der Waals surface area (Å²) in [6.45, 7) is 2.82. The van der Waals surface area contributed by atoms with Gasteiger partial charge in [0, 0.05) is 12.1 Å². The van der Waals surface area contributed by atoms with Crippen LogP contribution in [0.4, 0.5) is 0 Å². The summed E-state index contributed by atoms with van der Waals surface area (Å²) in [6, 6.07) is 17.9. The fourth-order valence-electron chi connectivity index (χ4n) is 2.49. The first-order valence-electron chi connectivity index (χ1n) is 7.89. The summed E-state index contributed by atoms with van der Waals surface area (Å²) < 4.78 is 11.1. The summed E-state index contributed by atoms with van der Waals surface area (Å²) in [5.74, 6) is 2.02. The number of hydrogen-bond donors (Lipinski definition) is 0. The Hall–Kier alpha value is -2.66. The third kappa shape index (κ3) is 3.63. The van der Waals surface area contributed by atoms with E-state index in [1.807, 2.05) is 55.6 Å². The normalized spacial score (nSPS) is 12.3. The Morgan fingerprint density at radius 3 is 2.62 bits per heavy atom. The van der Waals surface area contributed by atoms with Crippen LogP contribution in [0.25, 0.3) is 11.5 Å². The highest BCUT2D eigenvalue weighted by Crippen LogP contribution is 2.24. The van der Waals surface area contributed by atoms with Crippen molar-refractivity contribution in [1.82, 2.24) is 15.1 Å². The third-order valence-electron chi connectivity index (χ3n) is 4.05. The van der Waals surface area contributed by atoms with Crippen molar-refractivity contribution in [3.63, 3.8) is 0 Å². The van der Waals surface area contributed by atoms with Gasteiger partial charge in [-0.15, -0.1) is 10.2 Å². The molecule has 0 aliphatic carbocycles. The summed E-state index contributed by atoms with van der Waals surface area (Å²) in [6.07, 6.45) is 0. The smallest absolute Gasteiger partial charge is 0.247 e. The molecule has 1 heterocycles. The molecule has 0 bridgehead atoms. The Morgan fingerprint density at radius 2 is 1.88 bits per heavy atom. The molecule has 5 heteroatoms. The number of ether oxygens (including phenoxy) is 1. The molecule has 2 aromatic carbocycles. The molecule has 1 atom stereocenters.